The molecule has 0 bridgehead atoms. The number of pyridine rings is 1. The Morgan fingerprint density at radius 2 is 2.07 bits per heavy atom. The predicted molar refractivity (Wildman–Crippen MR) is 113 cm³/mol. The number of aryl methyl sites for hydroxylation is 1. The average Bonchev–Trinajstić information content (AvgIpc) is 3.04. The number of carbonyl (C=O) groups is 2. The maximum Gasteiger partial charge on any atom is 0.307 e. The van der Waals surface area contributed by atoms with Crippen LogP contribution in [-0.2, 0) is 16.6 Å². The van der Waals surface area contributed by atoms with Crippen LogP contribution in [0.2, 0.25) is 0 Å². The van der Waals surface area contributed by atoms with Crippen molar-refractivity contribution in [2.24, 2.45) is 7.05 Å². The van der Waals surface area contributed by atoms with Gasteiger partial charge in [-0.2, -0.15) is 0 Å². The molecule has 0 amide bonds. The molecule has 0 unspecified atom stereocenters. The zero-order chi connectivity index (χ0) is 21.0. The fourth-order valence-corrected chi connectivity index (χ4v) is 3.35. The number of hydrogen-bond acceptors (Lipinski definition) is 6. The molecule has 1 N–H and O–H groups in total. The first-order chi connectivity index (χ1) is 13.9. The second kappa shape index (κ2) is 9.24. The van der Waals surface area contributed by atoms with Crippen LogP contribution in [0.4, 0.5) is 5.82 Å². The Hall–Kier alpha value is -2.64. The highest BCUT2D eigenvalue weighted by molar-refractivity contribution is 6.43. The minimum absolute atomic E-state index is 0.179. The van der Waals surface area contributed by atoms with E-state index in [4.69, 9.17) is 27.9 Å². The number of imidazole rings is 1. The van der Waals surface area contributed by atoms with Gasteiger partial charge in [0.25, 0.3) is 0 Å². The van der Waals surface area contributed by atoms with Gasteiger partial charge in [0.05, 0.1) is 29.6 Å². The number of anilines is 1. The van der Waals surface area contributed by atoms with Crippen molar-refractivity contribution >= 4 is 51.8 Å². The standard InChI is InChI=1S/C20H20Cl2N4O3/c1-3-29-16(27)8-10-24-19-13(5-4-9-23-19)17(28)12-6-7-15-14(11-12)25-20(18(21)22)26(15)2/h4-7,9,11,18H,3,8,10H2,1-2H3,(H,23,24). The maximum absolute atomic E-state index is 13.1. The molecule has 152 valence electrons. The van der Waals surface area contributed by atoms with Crippen LogP contribution < -0.4 is 5.32 Å². The summed E-state index contributed by atoms with van der Waals surface area (Å²) in [6.45, 7) is 2.40. The van der Waals surface area contributed by atoms with E-state index in [1.165, 1.54) is 0 Å². The van der Waals surface area contributed by atoms with Crippen LogP contribution >= 0.6 is 23.2 Å². The van der Waals surface area contributed by atoms with Gasteiger partial charge in [-0.15, -0.1) is 0 Å². The molecule has 0 aliphatic carbocycles. The summed E-state index contributed by atoms with van der Waals surface area (Å²) < 4.78 is 6.69. The number of benzene rings is 1. The summed E-state index contributed by atoms with van der Waals surface area (Å²) in [5.74, 6) is 0.400. The molecule has 3 rings (SSSR count). The predicted octanol–water partition coefficient (Wildman–Crippen LogP) is 4.04. The maximum atomic E-state index is 13.1. The van der Waals surface area contributed by atoms with E-state index in [1.54, 1.807) is 48.0 Å². The van der Waals surface area contributed by atoms with Crippen molar-refractivity contribution in [3.8, 4) is 0 Å². The highest BCUT2D eigenvalue weighted by atomic mass is 35.5. The number of nitrogens with one attached hydrogen (secondary N) is 1. The second-order valence-corrected chi connectivity index (χ2v) is 7.34. The van der Waals surface area contributed by atoms with Crippen LogP contribution in [0.3, 0.4) is 0 Å². The van der Waals surface area contributed by atoms with Crippen molar-refractivity contribution in [1.29, 1.82) is 0 Å². The lowest BCUT2D eigenvalue weighted by molar-refractivity contribution is -0.142. The van der Waals surface area contributed by atoms with E-state index < -0.39 is 4.84 Å². The van der Waals surface area contributed by atoms with E-state index in [0.717, 1.165) is 5.52 Å². The molecule has 29 heavy (non-hydrogen) atoms. The summed E-state index contributed by atoms with van der Waals surface area (Å²) in [5.41, 5.74) is 2.31. The third-order valence-electron chi connectivity index (χ3n) is 4.35. The highest BCUT2D eigenvalue weighted by Gasteiger charge is 2.18. The number of nitrogens with zero attached hydrogens (tertiary/aromatic N) is 3. The van der Waals surface area contributed by atoms with Gasteiger partial charge < -0.3 is 14.6 Å². The van der Waals surface area contributed by atoms with Crippen LogP contribution in [0.1, 0.15) is 39.9 Å². The summed E-state index contributed by atoms with van der Waals surface area (Å²) in [7, 11) is 1.82. The average molecular weight is 435 g/mol. The van der Waals surface area contributed by atoms with E-state index >= 15 is 0 Å². The third kappa shape index (κ3) is 4.68. The van der Waals surface area contributed by atoms with Crippen LogP contribution in [0.25, 0.3) is 11.0 Å². The summed E-state index contributed by atoms with van der Waals surface area (Å²) in [4.78, 5) is 32.5. The van der Waals surface area contributed by atoms with Crippen molar-refractivity contribution < 1.29 is 14.3 Å². The monoisotopic (exact) mass is 434 g/mol. The van der Waals surface area contributed by atoms with E-state index in [-0.39, 0.29) is 18.2 Å². The molecule has 0 atom stereocenters. The van der Waals surface area contributed by atoms with E-state index in [0.29, 0.717) is 41.4 Å². The fraction of sp³-hybridized carbons (Fsp3) is 0.300. The summed E-state index contributed by atoms with van der Waals surface area (Å²) in [6.07, 6.45) is 1.76. The Labute approximate surface area is 178 Å². The van der Waals surface area contributed by atoms with Crippen molar-refractivity contribution in [2.75, 3.05) is 18.5 Å². The molecule has 0 saturated carbocycles. The number of aromatic nitrogens is 3. The number of hydrogen-bond donors (Lipinski definition) is 1. The number of ketones is 1. The number of alkyl halides is 2. The van der Waals surface area contributed by atoms with E-state index in [9.17, 15) is 9.59 Å². The molecule has 0 aliphatic heterocycles. The van der Waals surface area contributed by atoms with E-state index in [1.807, 2.05) is 7.05 Å². The van der Waals surface area contributed by atoms with Crippen LogP contribution in [0.5, 0.6) is 0 Å². The molecule has 2 aromatic heterocycles. The van der Waals surface area contributed by atoms with Gasteiger partial charge in [0.1, 0.15) is 11.6 Å². The minimum atomic E-state index is -0.764. The number of esters is 1. The Morgan fingerprint density at radius 3 is 2.79 bits per heavy atom. The lowest BCUT2D eigenvalue weighted by Crippen LogP contribution is -2.14. The summed E-state index contributed by atoms with van der Waals surface area (Å²) in [6, 6.07) is 8.60. The Morgan fingerprint density at radius 1 is 1.28 bits per heavy atom. The van der Waals surface area contributed by atoms with Crippen molar-refractivity contribution in [1.82, 2.24) is 14.5 Å². The molecule has 1 aromatic carbocycles. The quantitative estimate of drug-likeness (QED) is 0.327. The Kier molecular flexibility index (Phi) is 6.71. The first-order valence-corrected chi connectivity index (χ1v) is 9.93. The molecule has 0 aliphatic rings. The molecular weight excluding hydrogens is 415 g/mol. The zero-order valence-corrected chi connectivity index (χ0v) is 17.5. The second-order valence-electron chi connectivity index (χ2n) is 6.24. The minimum Gasteiger partial charge on any atom is -0.466 e. The highest BCUT2D eigenvalue weighted by Crippen LogP contribution is 2.28. The summed E-state index contributed by atoms with van der Waals surface area (Å²) >= 11 is 11.9. The lowest BCUT2D eigenvalue weighted by Gasteiger charge is -2.10. The molecule has 2 heterocycles. The lowest BCUT2D eigenvalue weighted by atomic mass is 10.0. The molecule has 0 fully saturated rings. The molecular formula is C20H20Cl2N4O3. The van der Waals surface area contributed by atoms with Crippen molar-refractivity contribution in [3.05, 3.63) is 53.5 Å². The number of carbonyl (C=O) groups excluding carboxylic acids is 2. The van der Waals surface area contributed by atoms with Crippen LogP contribution in [-0.4, -0.2) is 39.4 Å². The fourth-order valence-electron chi connectivity index (χ4n) is 2.96. The molecule has 9 heteroatoms. The SMILES string of the molecule is CCOC(=O)CCNc1ncccc1C(=O)c1ccc2c(c1)nc(C(Cl)Cl)n2C. The van der Waals surface area contributed by atoms with Gasteiger partial charge in [-0.25, -0.2) is 9.97 Å². The van der Waals surface area contributed by atoms with Gasteiger partial charge in [0, 0.05) is 25.4 Å². The largest absolute Gasteiger partial charge is 0.466 e. The third-order valence-corrected chi connectivity index (χ3v) is 4.74. The van der Waals surface area contributed by atoms with Crippen molar-refractivity contribution in [2.45, 2.75) is 18.2 Å². The van der Waals surface area contributed by atoms with Gasteiger partial charge in [0.2, 0.25) is 0 Å². The number of halogens is 2. The molecule has 0 saturated heterocycles. The number of fused-ring (bicyclic) bond motifs is 1. The topological polar surface area (TPSA) is 86.1 Å². The van der Waals surface area contributed by atoms with Gasteiger partial charge in [-0.3, -0.25) is 9.59 Å². The zero-order valence-electron chi connectivity index (χ0n) is 16.0. The Bertz CT molecular complexity index is 1050. The normalized spacial score (nSPS) is 11.1. The summed E-state index contributed by atoms with van der Waals surface area (Å²) in [5, 5.41) is 3.03. The first-order valence-electron chi connectivity index (χ1n) is 9.06. The van der Waals surface area contributed by atoms with Gasteiger partial charge in [-0.05, 0) is 37.3 Å². The van der Waals surface area contributed by atoms with Gasteiger partial charge >= 0.3 is 5.97 Å². The van der Waals surface area contributed by atoms with Crippen LogP contribution in [0, 0.1) is 0 Å². The first kappa shape index (κ1) is 21.1. The van der Waals surface area contributed by atoms with Crippen molar-refractivity contribution in [3.63, 3.8) is 0 Å². The van der Waals surface area contributed by atoms with Crippen LogP contribution in [0.15, 0.2) is 36.5 Å². The van der Waals surface area contributed by atoms with Gasteiger partial charge in [0.15, 0.2) is 10.6 Å². The molecule has 0 spiro atoms. The molecule has 3 aromatic rings. The number of ether oxygens (including phenoxy) is 1. The number of rotatable bonds is 8. The van der Waals surface area contributed by atoms with E-state index in [2.05, 4.69) is 15.3 Å². The molecule has 0 radical (unpaired) electrons. The molecule has 7 nitrogen and oxygen atoms in total. The smallest absolute Gasteiger partial charge is 0.307 e. The Balaban J connectivity index is 1.84. The van der Waals surface area contributed by atoms with Gasteiger partial charge in [-0.1, -0.05) is 23.2 Å².